The lowest BCUT2D eigenvalue weighted by Crippen LogP contribution is -2.46. The summed E-state index contributed by atoms with van der Waals surface area (Å²) in [5, 5.41) is 5.80. The van der Waals surface area contributed by atoms with Gasteiger partial charge in [-0.05, 0) is 55.7 Å². The smallest absolute Gasteiger partial charge is 0.325 e. The molecule has 1 heterocycles. The molecule has 0 spiro atoms. The van der Waals surface area contributed by atoms with Gasteiger partial charge in [-0.1, -0.05) is 54.6 Å². The first-order valence-electron chi connectivity index (χ1n) is 10.5. The fourth-order valence-corrected chi connectivity index (χ4v) is 4.39. The van der Waals surface area contributed by atoms with Crippen LogP contribution in [0.15, 0.2) is 54.6 Å². The Morgan fingerprint density at radius 3 is 2.67 bits per heavy atom. The Bertz CT molecular complexity index is 959. The fourth-order valence-electron chi connectivity index (χ4n) is 4.39. The topological polar surface area (TPSA) is 78.5 Å². The van der Waals surface area contributed by atoms with Crippen molar-refractivity contribution in [3.63, 3.8) is 0 Å². The molecule has 30 heavy (non-hydrogen) atoms. The van der Waals surface area contributed by atoms with E-state index in [9.17, 15) is 14.4 Å². The summed E-state index contributed by atoms with van der Waals surface area (Å²) in [5.41, 5.74) is 2.48. The molecule has 1 aliphatic carbocycles. The Kier molecular flexibility index (Phi) is 5.57. The van der Waals surface area contributed by atoms with Gasteiger partial charge >= 0.3 is 6.03 Å². The van der Waals surface area contributed by atoms with Gasteiger partial charge < -0.3 is 10.6 Å². The van der Waals surface area contributed by atoms with Crippen LogP contribution in [0.4, 0.5) is 4.79 Å². The summed E-state index contributed by atoms with van der Waals surface area (Å²) >= 11 is 0. The molecule has 6 nitrogen and oxygen atoms in total. The predicted molar refractivity (Wildman–Crippen MR) is 114 cm³/mol. The van der Waals surface area contributed by atoms with Crippen LogP contribution in [0.25, 0.3) is 0 Å². The zero-order valence-electron chi connectivity index (χ0n) is 17.2. The minimum atomic E-state index is -0.995. The molecule has 1 aliphatic heterocycles. The quantitative estimate of drug-likeness (QED) is 0.725. The number of urea groups is 1. The maximum atomic E-state index is 12.9. The van der Waals surface area contributed by atoms with Crippen molar-refractivity contribution in [3.8, 4) is 0 Å². The molecule has 0 unspecified atom stereocenters. The van der Waals surface area contributed by atoms with E-state index in [-0.39, 0.29) is 24.4 Å². The van der Waals surface area contributed by atoms with Gasteiger partial charge in [-0.15, -0.1) is 0 Å². The third-order valence-electron chi connectivity index (χ3n) is 6.11. The van der Waals surface area contributed by atoms with Gasteiger partial charge in [0.25, 0.3) is 5.91 Å². The molecule has 2 N–H and O–H groups in total. The van der Waals surface area contributed by atoms with Gasteiger partial charge in [0.2, 0.25) is 5.91 Å². The van der Waals surface area contributed by atoms with Crippen molar-refractivity contribution in [3.05, 3.63) is 71.3 Å². The van der Waals surface area contributed by atoms with Crippen molar-refractivity contribution in [2.24, 2.45) is 0 Å². The van der Waals surface area contributed by atoms with Crippen molar-refractivity contribution >= 4 is 17.8 Å². The van der Waals surface area contributed by atoms with Crippen molar-refractivity contribution in [1.29, 1.82) is 0 Å². The molecule has 0 radical (unpaired) electrons. The summed E-state index contributed by atoms with van der Waals surface area (Å²) in [7, 11) is 0. The molecule has 1 fully saturated rings. The number of imide groups is 1. The molecule has 1 saturated heterocycles. The van der Waals surface area contributed by atoms with Gasteiger partial charge in [0.15, 0.2) is 0 Å². The van der Waals surface area contributed by atoms with E-state index in [2.05, 4.69) is 16.7 Å². The highest BCUT2D eigenvalue weighted by atomic mass is 16.2. The number of amides is 4. The van der Waals surface area contributed by atoms with Crippen molar-refractivity contribution in [2.75, 3.05) is 6.54 Å². The fraction of sp³-hybridized carbons (Fsp3) is 0.375. The van der Waals surface area contributed by atoms with E-state index in [4.69, 9.17) is 0 Å². The summed E-state index contributed by atoms with van der Waals surface area (Å²) in [6.07, 6.45) is 4.02. The van der Waals surface area contributed by atoms with E-state index in [1.807, 2.05) is 48.5 Å². The third-order valence-corrected chi connectivity index (χ3v) is 6.11. The lowest BCUT2D eigenvalue weighted by Gasteiger charge is -2.27. The molecule has 4 rings (SSSR count). The number of hydrogen-bond acceptors (Lipinski definition) is 3. The molecule has 0 bridgehead atoms. The minimum absolute atomic E-state index is 0.0762. The molecule has 2 aromatic carbocycles. The van der Waals surface area contributed by atoms with Gasteiger partial charge in [-0.3, -0.25) is 14.5 Å². The number of carbonyl (C=O) groups excluding carboxylic acids is 3. The van der Waals surface area contributed by atoms with Crippen molar-refractivity contribution in [2.45, 2.75) is 50.6 Å². The van der Waals surface area contributed by atoms with Crippen LogP contribution in [0.2, 0.25) is 0 Å². The minimum Gasteiger partial charge on any atom is -0.348 e. The maximum Gasteiger partial charge on any atom is 0.325 e. The van der Waals surface area contributed by atoms with Crippen LogP contribution in [-0.2, 0) is 22.4 Å². The van der Waals surface area contributed by atoms with E-state index >= 15 is 0 Å². The number of nitrogens with one attached hydrogen (secondary N) is 2. The zero-order chi connectivity index (χ0) is 21.1. The van der Waals surface area contributed by atoms with Crippen LogP contribution in [0.3, 0.4) is 0 Å². The van der Waals surface area contributed by atoms with Crippen LogP contribution in [-0.4, -0.2) is 34.8 Å². The summed E-state index contributed by atoms with van der Waals surface area (Å²) in [6.45, 7) is 1.47. The van der Waals surface area contributed by atoms with Crippen LogP contribution in [0.5, 0.6) is 0 Å². The Morgan fingerprint density at radius 2 is 1.87 bits per heavy atom. The molecule has 2 aliphatic rings. The molecule has 156 valence electrons. The van der Waals surface area contributed by atoms with E-state index < -0.39 is 11.6 Å². The average Bonchev–Trinajstić information content (AvgIpc) is 2.97. The van der Waals surface area contributed by atoms with Gasteiger partial charge in [-0.2, -0.15) is 0 Å². The first kappa shape index (κ1) is 20.1. The number of nitrogens with zero attached hydrogens (tertiary/aromatic N) is 1. The second-order valence-electron chi connectivity index (χ2n) is 8.35. The number of benzene rings is 2. The highest BCUT2D eigenvalue weighted by molar-refractivity contribution is 6.08. The summed E-state index contributed by atoms with van der Waals surface area (Å²) in [5.74, 6) is -0.657. The second-order valence-corrected chi connectivity index (χ2v) is 8.35. The number of hydrogen-bond donors (Lipinski definition) is 2. The van der Waals surface area contributed by atoms with Crippen LogP contribution in [0.1, 0.15) is 48.9 Å². The number of carbonyl (C=O) groups is 3. The Morgan fingerprint density at radius 1 is 1.13 bits per heavy atom. The van der Waals surface area contributed by atoms with Crippen molar-refractivity contribution in [1.82, 2.24) is 15.5 Å². The molecule has 2 aromatic rings. The highest BCUT2D eigenvalue weighted by Crippen LogP contribution is 2.29. The zero-order valence-corrected chi connectivity index (χ0v) is 17.2. The van der Waals surface area contributed by atoms with Crippen LogP contribution in [0, 0.1) is 0 Å². The SMILES string of the molecule is C[C@@]1(CCc2ccccc2)NC(=O)N(CC(=O)N[C@@H]2CCCc3ccccc32)C1=O. The summed E-state index contributed by atoms with van der Waals surface area (Å²) in [4.78, 5) is 39.1. The van der Waals surface area contributed by atoms with E-state index in [0.29, 0.717) is 12.8 Å². The lowest BCUT2D eigenvalue weighted by molar-refractivity contribution is -0.135. The molecule has 0 saturated carbocycles. The Labute approximate surface area is 176 Å². The Balaban J connectivity index is 1.38. The van der Waals surface area contributed by atoms with Gasteiger partial charge in [0.1, 0.15) is 12.1 Å². The molecular formula is C24H27N3O3. The highest BCUT2D eigenvalue weighted by Gasteiger charge is 2.47. The molecule has 2 atom stereocenters. The first-order chi connectivity index (χ1) is 14.5. The predicted octanol–water partition coefficient (Wildman–Crippen LogP) is 3.12. The number of fused-ring (bicyclic) bond motifs is 1. The van der Waals surface area contributed by atoms with Crippen LogP contribution >= 0.6 is 0 Å². The normalized spacial score (nSPS) is 23.1. The van der Waals surface area contributed by atoms with Gasteiger partial charge in [-0.25, -0.2) is 4.79 Å². The molecule has 4 amide bonds. The van der Waals surface area contributed by atoms with Gasteiger partial charge in [0, 0.05) is 0 Å². The van der Waals surface area contributed by atoms with E-state index in [1.165, 1.54) is 5.56 Å². The standard InChI is InChI=1S/C24H27N3O3/c1-24(15-14-17-8-3-2-4-9-17)22(29)27(23(30)26-24)16-21(28)25-20-13-7-11-18-10-5-6-12-19(18)20/h2-6,8-10,12,20H,7,11,13-16H2,1H3,(H,25,28)(H,26,30)/t20-,24+/m1/s1. The molecule has 6 heteroatoms. The molecular weight excluding hydrogens is 378 g/mol. The summed E-state index contributed by atoms with van der Waals surface area (Å²) in [6, 6.07) is 17.4. The number of rotatable bonds is 6. The van der Waals surface area contributed by atoms with Crippen molar-refractivity contribution < 1.29 is 14.4 Å². The van der Waals surface area contributed by atoms with E-state index in [1.54, 1.807) is 6.92 Å². The Hall–Kier alpha value is -3.15. The van der Waals surface area contributed by atoms with Crippen LogP contribution < -0.4 is 10.6 Å². The number of aryl methyl sites for hydroxylation is 2. The monoisotopic (exact) mass is 405 g/mol. The second kappa shape index (κ2) is 8.30. The lowest BCUT2D eigenvalue weighted by atomic mass is 9.88. The molecule has 0 aromatic heterocycles. The largest absolute Gasteiger partial charge is 0.348 e. The van der Waals surface area contributed by atoms with Gasteiger partial charge in [0.05, 0.1) is 6.04 Å². The maximum absolute atomic E-state index is 12.9. The average molecular weight is 405 g/mol. The summed E-state index contributed by atoms with van der Waals surface area (Å²) < 4.78 is 0. The van der Waals surface area contributed by atoms with E-state index in [0.717, 1.165) is 35.3 Å². The first-order valence-corrected chi connectivity index (χ1v) is 10.5. The third kappa shape index (κ3) is 4.08.